The van der Waals surface area contributed by atoms with Crippen molar-refractivity contribution in [2.45, 2.75) is 85.0 Å². The number of carbonyl (C=O) groups excluding carboxylic acids is 1. The number of hydrogen-bond donors (Lipinski definition) is 0. The smallest absolute Gasteiger partial charge is 0.309 e. The van der Waals surface area contributed by atoms with E-state index in [0.29, 0.717) is 13.0 Å². The topological polar surface area (TPSA) is 26.3 Å². The zero-order valence-corrected chi connectivity index (χ0v) is 21.6. The van der Waals surface area contributed by atoms with Gasteiger partial charge in [0.05, 0.1) is 37.7 Å². The summed E-state index contributed by atoms with van der Waals surface area (Å²) in [6, 6.07) is 10.5. The molecule has 0 N–H and O–H groups in total. The average Bonchev–Trinajstić information content (AvgIpc) is 2.73. The van der Waals surface area contributed by atoms with Crippen LogP contribution in [0.4, 0.5) is 0 Å². The maximum absolute atomic E-state index is 12.3. The zero-order valence-electron chi connectivity index (χ0n) is 19.1. The van der Waals surface area contributed by atoms with Crippen molar-refractivity contribution in [1.82, 2.24) is 0 Å². The molecule has 0 fully saturated rings. The molecule has 0 amide bonds. The number of benzene rings is 1. The van der Waals surface area contributed by atoms with E-state index in [1.165, 1.54) is 62.6 Å². The van der Waals surface area contributed by atoms with Gasteiger partial charge >= 0.3 is 5.97 Å². The molecule has 4 heteroatoms. The van der Waals surface area contributed by atoms with Gasteiger partial charge in [-0.2, -0.15) is 0 Å². The van der Waals surface area contributed by atoms with Crippen molar-refractivity contribution < 1.29 is 26.5 Å². The van der Waals surface area contributed by atoms with E-state index >= 15 is 0 Å². The van der Waals surface area contributed by atoms with Crippen LogP contribution in [0.25, 0.3) is 0 Å². The van der Waals surface area contributed by atoms with E-state index in [-0.39, 0.29) is 23.0 Å². The Kier molecular flexibility index (Phi) is 18.1. The van der Waals surface area contributed by atoms with Crippen LogP contribution in [0.3, 0.4) is 0 Å². The summed E-state index contributed by atoms with van der Waals surface area (Å²) >= 11 is 0. The van der Waals surface area contributed by atoms with Crippen molar-refractivity contribution in [2.24, 2.45) is 0 Å². The highest BCUT2D eigenvalue weighted by molar-refractivity contribution is 7.75. The van der Waals surface area contributed by atoms with E-state index in [9.17, 15) is 4.79 Å². The van der Waals surface area contributed by atoms with Crippen molar-refractivity contribution in [1.29, 1.82) is 0 Å². The minimum atomic E-state index is -0.985. The minimum absolute atomic E-state index is 0. The predicted octanol–water partition coefficient (Wildman–Crippen LogP) is 4.36. The molecule has 0 unspecified atom stereocenters. The first kappa shape index (κ1) is 28.6. The lowest BCUT2D eigenvalue weighted by molar-refractivity contribution is -0.143. The lowest BCUT2D eigenvalue weighted by atomic mass is 10.1. The molecule has 0 aromatic heterocycles. The molecule has 0 saturated heterocycles. The third-order valence-corrected chi connectivity index (χ3v) is 10.7. The van der Waals surface area contributed by atoms with Crippen molar-refractivity contribution >= 4 is 13.2 Å². The lowest BCUT2D eigenvalue weighted by Crippen LogP contribution is -3.00. The first-order valence-corrected chi connectivity index (χ1v) is 14.2. The van der Waals surface area contributed by atoms with Gasteiger partial charge in [0.2, 0.25) is 0 Å². The molecule has 1 aromatic rings. The summed E-state index contributed by atoms with van der Waals surface area (Å²) in [6.07, 6.45) is 16.8. The van der Waals surface area contributed by atoms with Crippen molar-refractivity contribution in [3.05, 3.63) is 35.9 Å². The Morgan fingerprint density at radius 3 is 1.86 bits per heavy atom. The first-order chi connectivity index (χ1) is 13.7. The van der Waals surface area contributed by atoms with Crippen LogP contribution in [-0.4, -0.2) is 37.2 Å². The van der Waals surface area contributed by atoms with Gasteiger partial charge in [0.25, 0.3) is 0 Å². The van der Waals surface area contributed by atoms with Crippen molar-refractivity contribution in [2.75, 3.05) is 31.3 Å². The third kappa shape index (κ3) is 13.5. The molecule has 0 aliphatic carbocycles. The highest BCUT2D eigenvalue weighted by atomic mass is 79.9. The Balaban J connectivity index is 0.00000784. The van der Waals surface area contributed by atoms with Gasteiger partial charge in [-0.25, -0.2) is 0 Å². The maximum Gasteiger partial charge on any atom is 0.309 e. The molecule has 1 rings (SSSR count). The van der Waals surface area contributed by atoms with Gasteiger partial charge in [-0.15, -0.1) is 0 Å². The zero-order chi connectivity index (χ0) is 20.5. The Morgan fingerprint density at radius 2 is 1.34 bits per heavy atom. The number of halogens is 1. The molecule has 1 aromatic carbocycles. The Labute approximate surface area is 191 Å². The normalized spacial score (nSPS) is 11.1. The average molecular weight is 488 g/mol. The number of aryl methyl sites for hydroxylation is 1. The van der Waals surface area contributed by atoms with Crippen LogP contribution in [0.5, 0.6) is 0 Å². The molecular weight excluding hydrogens is 443 g/mol. The minimum Gasteiger partial charge on any atom is -1.00 e. The van der Waals surface area contributed by atoms with Crippen LogP contribution in [0.15, 0.2) is 30.3 Å². The molecular formula is C25H44BrO2P. The van der Waals surface area contributed by atoms with E-state index in [1.807, 2.05) is 0 Å². The Morgan fingerprint density at radius 1 is 0.793 bits per heavy atom. The molecule has 0 radical (unpaired) electrons. The third-order valence-electron chi connectivity index (χ3n) is 5.71. The SMILES string of the molecule is CCCC[P+](CCCC)(CCCC)CCC(=O)OCCCCc1ccccc1.[Br-]. The van der Waals surface area contributed by atoms with Crippen LogP contribution in [0.1, 0.15) is 84.1 Å². The van der Waals surface area contributed by atoms with Gasteiger partial charge in [-0.1, -0.05) is 70.4 Å². The lowest BCUT2D eigenvalue weighted by Gasteiger charge is -2.27. The number of rotatable bonds is 17. The molecule has 2 nitrogen and oxygen atoms in total. The van der Waals surface area contributed by atoms with Crippen LogP contribution in [-0.2, 0) is 16.0 Å². The van der Waals surface area contributed by atoms with Crippen molar-refractivity contribution in [3.8, 4) is 0 Å². The Bertz CT molecular complexity index is 485. The predicted molar refractivity (Wildman–Crippen MR) is 126 cm³/mol. The van der Waals surface area contributed by atoms with E-state index in [0.717, 1.165) is 25.4 Å². The summed E-state index contributed by atoms with van der Waals surface area (Å²) in [5.41, 5.74) is 1.37. The molecule has 0 saturated carbocycles. The van der Waals surface area contributed by atoms with Crippen LogP contribution >= 0.6 is 7.26 Å². The summed E-state index contributed by atoms with van der Waals surface area (Å²) in [6.45, 7) is 7.45. The second-order valence-electron chi connectivity index (χ2n) is 8.21. The highest BCUT2D eigenvalue weighted by Gasteiger charge is 2.35. The number of esters is 1. The van der Waals surface area contributed by atoms with Gasteiger partial charge in [0.1, 0.15) is 0 Å². The fraction of sp³-hybridized carbons (Fsp3) is 0.720. The summed E-state index contributed by atoms with van der Waals surface area (Å²) in [7, 11) is -0.985. The molecule has 0 spiro atoms. The van der Waals surface area contributed by atoms with Crippen LogP contribution in [0.2, 0.25) is 0 Å². The molecule has 168 valence electrons. The van der Waals surface area contributed by atoms with Gasteiger partial charge in [-0.05, 0) is 44.1 Å². The molecule has 0 atom stereocenters. The van der Waals surface area contributed by atoms with E-state index in [4.69, 9.17) is 4.74 Å². The fourth-order valence-corrected chi connectivity index (χ4v) is 8.77. The van der Waals surface area contributed by atoms with Gasteiger partial charge in [0, 0.05) is 7.26 Å². The standard InChI is InChI=1S/C25H44O2P.BrH/c1-4-7-20-28(21-8-5-2,22-9-6-3)23-18-25(26)27-19-14-13-17-24-15-11-10-12-16-24;/h10-12,15-16H,4-9,13-14,17-23H2,1-3H3;1H/q+1;/p-1. The summed E-state index contributed by atoms with van der Waals surface area (Å²) in [5.74, 6) is 0.0357. The van der Waals surface area contributed by atoms with Gasteiger partial charge < -0.3 is 21.7 Å². The molecule has 0 aliphatic rings. The van der Waals surface area contributed by atoms with E-state index < -0.39 is 7.26 Å². The molecule has 29 heavy (non-hydrogen) atoms. The second kappa shape index (κ2) is 18.4. The summed E-state index contributed by atoms with van der Waals surface area (Å²) in [5, 5.41) is 0. The quantitative estimate of drug-likeness (QED) is 0.185. The molecule has 0 aliphatic heterocycles. The summed E-state index contributed by atoms with van der Waals surface area (Å²) in [4.78, 5) is 12.3. The van der Waals surface area contributed by atoms with Gasteiger partial charge in [0.15, 0.2) is 0 Å². The Hall–Kier alpha value is -0.400. The first-order valence-electron chi connectivity index (χ1n) is 11.7. The number of hydrogen-bond acceptors (Lipinski definition) is 2. The van der Waals surface area contributed by atoms with Crippen LogP contribution < -0.4 is 17.0 Å². The number of carbonyl (C=O) groups is 1. The summed E-state index contributed by atoms with van der Waals surface area (Å²) < 4.78 is 5.57. The molecule has 0 heterocycles. The maximum atomic E-state index is 12.3. The highest BCUT2D eigenvalue weighted by Crippen LogP contribution is 2.61. The largest absolute Gasteiger partial charge is 1.00 e. The van der Waals surface area contributed by atoms with E-state index in [1.54, 1.807) is 0 Å². The molecule has 0 bridgehead atoms. The number of ether oxygens (including phenoxy) is 1. The van der Waals surface area contributed by atoms with Crippen LogP contribution in [0, 0.1) is 0 Å². The van der Waals surface area contributed by atoms with E-state index in [2.05, 4.69) is 51.1 Å². The second-order valence-corrected chi connectivity index (χ2v) is 12.7. The number of unbranched alkanes of at least 4 members (excludes halogenated alkanes) is 4. The van der Waals surface area contributed by atoms with Gasteiger partial charge in [-0.3, -0.25) is 4.79 Å². The van der Waals surface area contributed by atoms with Crippen molar-refractivity contribution in [3.63, 3.8) is 0 Å². The monoisotopic (exact) mass is 486 g/mol. The fourth-order valence-electron chi connectivity index (χ4n) is 3.81.